The zero-order valence-electron chi connectivity index (χ0n) is 17.0. The average molecular weight is 397 g/mol. The molecule has 1 amide bonds. The molecule has 0 saturated carbocycles. The lowest BCUT2D eigenvalue weighted by molar-refractivity contribution is -0.130. The van der Waals surface area contributed by atoms with E-state index < -0.39 is 0 Å². The van der Waals surface area contributed by atoms with Gasteiger partial charge in [0.25, 0.3) is 0 Å². The third kappa shape index (κ3) is 5.70. The molecule has 0 bridgehead atoms. The van der Waals surface area contributed by atoms with Gasteiger partial charge in [-0.3, -0.25) is 9.79 Å². The Morgan fingerprint density at radius 3 is 2.34 bits per heavy atom. The molecule has 1 aliphatic rings. The number of amides is 1. The number of rotatable bonds is 5. The minimum atomic E-state index is -0.253. The Morgan fingerprint density at radius 1 is 1.07 bits per heavy atom. The summed E-state index contributed by atoms with van der Waals surface area (Å²) in [6.07, 6.45) is 0. The molecule has 0 aliphatic carbocycles. The number of para-hydroxylation sites is 1. The van der Waals surface area contributed by atoms with Gasteiger partial charge in [-0.1, -0.05) is 30.3 Å². The van der Waals surface area contributed by atoms with E-state index in [4.69, 9.17) is 0 Å². The van der Waals surface area contributed by atoms with Crippen molar-refractivity contribution < 1.29 is 9.18 Å². The van der Waals surface area contributed by atoms with Crippen LogP contribution in [0.3, 0.4) is 0 Å². The highest BCUT2D eigenvalue weighted by Crippen LogP contribution is 2.15. The van der Waals surface area contributed by atoms with Crippen LogP contribution < -0.4 is 10.2 Å². The molecule has 0 radical (unpaired) electrons. The lowest BCUT2D eigenvalue weighted by Gasteiger charge is -2.36. The van der Waals surface area contributed by atoms with Crippen LogP contribution in [-0.2, 0) is 11.3 Å². The number of aliphatic imine (C=N–C) groups is 1. The van der Waals surface area contributed by atoms with Crippen LogP contribution in [-0.4, -0.2) is 68.5 Å². The van der Waals surface area contributed by atoms with Crippen LogP contribution in [0.1, 0.15) is 5.56 Å². The summed E-state index contributed by atoms with van der Waals surface area (Å²) in [5.41, 5.74) is 2.17. The van der Waals surface area contributed by atoms with Gasteiger partial charge in [0.1, 0.15) is 5.82 Å². The van der Waals surface area contributed by atoms with E-state index >= 15 is 0 Å². The van der Waals surface area contributed by atoms with E-state index in [2.05, 4.69) is 27.3 Å². The van der Waals surface area contributed by atoms with Crippen molar-refractivity contribution in [1.82, 2.24) is 15.1 Å². The predicted molar refractivity (Wildman–Crippen MR) is 114 cm³/mol. The Balaban J connectivity index is 1.46. The average Bonchev–Trinajstić information content (AvgIpc) is 2.76. The molecule has 154 valence electrons. The minimum absolute atomic E-state index is 0.0639. The number of carbonyl (C=O) groups is 1. The number of anilines is 1. The summed E-state index contributed by atoms with van der Waals surface area (Å²) in [6.45, 7) is 3.85. The van der Waals surface area contributed by atoms with Gasteiger partial charge in [-0.25, -0.2) is 4.39 Å². The normalized spacial score (nSPS) is 14.7. The monoisotopic (exact) mass is 397 g/mol. The summed E-state index contributed by atoms with van der Waals surface area (Å²) in [4.78, 5) is 23.0. The van der Waals surface area contributed by atoms with Gasteiger partial charge in [-0.15, -0.1) is 0 Å². The SMILES string of the molecule is CN=C(NCC(=O)N1CCN(c2ccccc2)CC1)N(C)Cc1ccc(F)cc1. The van der Waals surface area contributed by atoms with Crippen LogP contribution in [0.5, 0.6) is 0 Å². The van der Waals surface area contributed by atoms with Crippen LogP contribution in [0.15, 0.2) is 59.6 Å². The molecule has 1 N–H and O–H groups in total. The maximum Gasteiger partial charge on any atom is 0.242 e. The van der Waals surface area contributed by atoms with E-state index in [9.17, 15) is 9.18 Å². The summed E-state index contributed by atoms with van der Waals surface area (Å²) < 4.78 is 13.1. The fraction of sp³-hybridized carbons (Fsp3) is 0.364. The van der Waals surface area contributed by atoms with Crippen LogP contribution >= 0.6 is 0 Å². The summed E-state index contributed by atoms with van der Waals surface area (Å²) in [5.74, 6) is 0.441. The lowest BCUT2D eigenvalue weighted by atomic mass is 10.2. The third-order valence-electron chi connectivity index (χ3n) is 5.06. The number of carbonyl (C=O) groups excluding carboxylic acids is 1. The standard InChI is InChI=1S/C22H28FN5O/c1-24-22(26(2)17-18-8-10-19(23)11-9-18)25-16-21(29)28-14-12-27(13-15-28)20-6-4-3-5-7-20/h3-11H,12-17H2,1-2H3,(H,24,25). The Hall–Kier alpha value is -3.09. The first kappa shape index (κ1) is 20.6. The quantitative estimate of drug-likeness (QED) is 0.621. The first-order valence-corrected chi connectivity index (χ1v) is 9.81. The second-order valence-electron chi connectivity index (χ2n) is 7.09. The van der Waals surface area contributed by atoms with Crippen molar-refractivity contribution >= 4 is 17.6 Å². The van der Waals surface area contributed by atoms with Crippen molar-refractivity contribution in [3.05, 3.63) is 66.0 Å². The zero-order valence-corrected chi connectivity index (χ0v) is 17.0. The number of nitrogens with zero attached hydrogens (tertiary/aromatic N) is 4. The van der Waals surface area contributed by atoms with Gasteiger partial charge >= 0.3 is 0 Å². The Morgan fingerprint density at radius 2 is 1.72 bits per heavy atom. The maximum atomic E-state index is 13.1. The molecule has 0 unspecified atom stereocenters. The third-order valence-corrected chi connectivity index (χ3v) is 5.06. The summed E-state index contributed by atoms with van der Waals surface area (Å²) in [7, 11) is 3.58. The van der Waals surface area contributed by atoms with E-state index in [1.165, 1.54) is 17.8 Å². The van der Waals surface area contributed by atoms with Crippen molar-refractivity contribution in [3.8, 4) is 0 Å². The Labute approximate surface area is 171 Å². The molecule has 29 heavy (non-hydrogen) atoms. The van der Waals surface area contributed by atoms with Gasteiger partial charge in [-0.05, 0) is 29.8 Å². The number of hydrogen-bond donors (Lipinski definition) is 1. The number of nitrogens with one attached hydrogen (secondary N) is 1. The minimum Gasteiger partial charge on any atom is -0.368 e. The molecule has 2 aromatic rings. The number of piperazine rings is 1. The van der Waals surface area contributed by atoms with E-state index in [0.29, 0.717) is 25.6 Å². The Bertz CT molecular complexity index is 817. The summed E-state index contributed by atoms with van der Waals surface area (Å²) in [6, 6.07) is 16.6. The van der Waals surface area contributed by atoms with Gasteiger partial charge in [-0.2, -0.15) is 0 Å². The molecule has 7 heteroatoms. The first-order valence-electron chi connectivity index (χ1n) is 9.81. The second-order valence-corrected chi connectivity index (χ2v) is 7.09. The van der Waals surface area contributed by atoms with Crippen molar-refractivity contribution in [1.29, 1.82) is 0 Å². The van der Waals surface area contributed by atoms with Crippen molar-refractivity contribution in [2.75, 3.05) is 51.7 Å². The van der Waals surface area contributed by atoms with Crippen LogP contribution in [0.2, 0.25) is 0 Å². The van der Waals surface area contributed by atoms with Gasteiger partial charge in [0.15, 0.2) is 5.96 Å². The van der Waals surface area contributed by atoms with E-state index in [1.54, 1.807) is 19.2 Å². The highest BCUT2D eigenvalue weighted by atomic mass is 19.1. The topological polar surface area (TPSA) is 51.2 Å². The van der Waals surface area contributed by atoms with Crippen molar-refractivity contribution in [2.45, 2.75) is 6.54 Å². The molecule has 3 rings (SSSR count). The molecular weight excluding hydrogens is 369 g/mol. The van der Waals surface area contributed by atoms with Gasteiger partial charge in [0.05, 0.1) is 6.54 Å². The molecule has 1 saturated heterocycles. The highest BCUT2D eigenvalue weighted by molar-refractivity contribution is 5.86. The fourth-order valence-electron chi connectivity index (χ4n) is 3.44. The first-order chi connectivity index (χ1) is 14.1. The number of guanidine groups is 1. The second kappa shape index (κ2) is 9.91. The van der Waals surface area contributed by atoms with Crippen molar-refractivity contribution in [3.63, 3.8) is 0 Å². The number of halogens is 1. The van der Waals surface area contributed by atoms with Crippen LogP contribution in [0, 0.1) is 5.82 Å². The van der Waals surface area contributed by atoms with Gasteiger partial charge in [0, 0.05) is 52.5 Å². The maximum absolute atomic E-state index is 13.1. The highest BCUT2D eigenvalue weighted by Gasteiger charge is 2.21. The zero-order chi connectivity index (χ0) is 20.6. The van der Waals surface area contributed by atoms with E-state index in [0.717, 1.165) is 18.7 Å². The lowest BCUT2D eigenvalue weighted by Crippen LogP contribution is -2.52. The molecule has 0 atom stereocenters. The van der Waals surface area contributed by atoms with Gasteiger partial charge < -0.3 is 20.0 Å². The van der Waals surface area contributed by atoms with Crippen molar-refractivity contribution in [2.24, 2.45) is 4.99 Å². The molecule has 6 nitrogen and oxygen atoms in total. The largest absolute Gasteiger partial charge is 0.368 e. The molecule has 0 aromatic heterocycles. The van der Waals surface area contributed by atoms with Crippen LogP contribution in [0.25, 0.3) is 0 Å². The Kier molecular flexibility index (Phi) is 7.05. The molecule has 1 heterocycles. The number of hydrogen-bond acceptors (Lipinski definition) is 3. The number of benzene rings is 2. The molecule has 1 fully saturated rings. The van der Waals surface area contributed by atoms with E-state index in [-0.39, 0.29) is 18.3 Å². The van der Waals surface area contributed by atoms with Crippen LogP contribution in [0.4, 0.5) is 10.1 Å². The smallest absolute Gasteiger partial charge is 0.242 e. The van der Waals surface area contributed by atoms with E-state index in [1.807, 2.05) is 35.0 Å². The molecule has 0 spiro atoms. The molecule has 2 aromatic carbocycles. The molecular formula is C22H28FN5O. The summed E-state index contributed by atoms with van der Waals surface area (Å²) >= 11 is 0. The fourth-order valence-corrected chi connectivity index (χ4v) is 3.44. The predicted octanol–water partition coefficient (Wildman–Crippen LogP) is 2.18. The summed E-state index contributed by atoms with van der Waals surface area (Å²) in [5, 5.41) is 3.14. The van der Waals surface area contributed by atoms with Gasteiger partial charge in [0.2, 0.25) is 5.91 Å². The molecule has 1 aliphatic heterocycles.